The van der Waals surface area contributed by atoms with Gasteiger partial charge in [-0.1, -0.05) is 13.8 Å². The molecule has 15 heavy (non-hydrogen) atoms. The van der Waals surface area contributed by atoms with Gasteiger partial charge in [0.25, 0.3) is 0 Å². The Kier molecular flexibility index (Phi) is 4.95. The molecule has 2 nitrogen and oxygen atoms in total. The highest BCUT2D eigenvalue weighted by Crippen LogP contribution is 2.38. The van der Waals surface area contributed by atoms with Crippen LogP contribution in [0.4, 0.5) is 0 Å². The minimum absolute atomic E-state index is 0.187. The first-order chi connectivity index (χ1) is 7.04. The molecule has 0 saturated heterocycles. The standard InChI is InChI=1S/C12H21NOS/c1-8-4-5-11(7-13)12(6-8)15-10(3)9(2)14/h8-12,14H,4-6H2,1-3H3. The van der Waals surface area contributed by atoms with E-state index in [1.807, 2.05) is 13.8 Å². The van der Waals surface area contributed by atoms with E-state index < -0.39 is 0 Å². The lowest BCUT2D eigenvalue weighted by molar-refractivity contribution is 0.195. The normalized spacial score (nSPS) is 35.5. The van der Waals surface area contributed by atoms with Gasteiger partial charge in [0.1, 0.15) is 0 Å². The summed E-state index contributed by atoms with van der Waals surface area (Å²) in [5.74, 6) is 0.917. The Balaban J connectivity index is 2.53. The van der Waals surface area contributed by atoms with Crippen molar-refractivity contribution in [2.45, 2.75) is 56.6 Å². The van der Waals surface area contributed by atoms with Crippen LogP contribution in [0.2, 0.25) is 0 Å². The van der Waals surface area contributed by atoms with Crippen molar-refractivity contribution in [3.05, 3.63) is 0 Å². The van der Waals surface area contributed by atoms with Crippen LogP contribution in [-0.2, 0) is 0 Å². The van der Waals surface area contributed by atoms with E-state index in [2.05, 4.69) is 13.0 Å². The Hall–Kier alpha value is -0.200. The fraction of sp³-hybridized carbons (Fsp3) is 0.917. The van der Waals surface area contributed by atoms with Gasteiger partial charge in [0.2, 0.25) is 0 Å². The van der Waals surface area contributed by atoms with Gasteiger partial charge in [-0.25, -0.2) is 0 Å². The van der Waals surface area contributed by atoms with Gasteiger partial charge in [-0.05, 0) is 32.1 Å². The summed E-state index contributed by atoms with van der Waals surface area (Å²) in [7, 11) is 0. The zero-order valence-corrected chi connectivity index (χ0v) is 10.6. The third kappa shape index (κ3) is 3.70. The maximum atomic E-state index is 9.47. The minimum atomic E-state index is -0.286. The summed E-state index contributed by atoms with van der Waals surface area (Å²) < 4.78 is 0. The van der Waals surface area contributed by atoms with Gasteiger partial charge in [-0.2, -0.15) is 17.0 Å². The maximum absolute atomic E-state index is 9.47. The number of hydrogen-bond donors (Lipinski definition) is 1. The number of rotatable bonds is 3. The highest BCUT2D eigenvalue weighted by Gasteiger charge is 2.30. The third-order valence-corrected chi connectivity index (χ3v) is 4.98. The summed E-state index contributed by atoms with van der Waals surface area (Å²) in [6.45, 7) is 6.13. The van der Waals surface area contributed by atoms with Crippen LogP contribution in [0.5, 0.6) is 0 Å². The molecule has 1 fully saturated rings. The monoisotopic (exact) mass is 227 g/mol. The number of aliphatic hydroxyl groups excluding tert-OH is 1. The number of nitriles is 1. The van der Waals surface area contributed by atoms with Crippen molar-refractivity contribution in [1.82, 2.24) is 0 Å². The smallest absolute Gasteiger partial charge is 0.0667 e. The summed E-state index contributed by atoms with van der Waals surface area (Å²) >= 11 is 1.79. The molecule has 1 rings (SSSR count). The molecule has 1 saturated carbocycles. The fourth-order valence-electron chi connectivity index (χ4n) is 2.02. The zero-order valence-electron chi connectivity index (χ0n) is 9.81. The molecule has 1 N–H and O–H groups in total. The second-order valence-corrected chi connectivity index (χ2v) is 6.40. The van der Waals surface area contributed by atoms with Crippen LogP contribution >= 0.6 is 11.8 Å². The largest absolute Gasteiger partial charge is 0.392 e. The highest BCUT2D eigenvalue weighted by molar-refractivity contribution is 8.00. The Morgan fingerprint density at radius 3 is 2.60 bits per heavy atom. The van der Waals surface area contributed by atoms with Crippen LogP contribution in [0.25, 0.3) is 0 Å². The van der Waals surface area contributed by atoms with Crippen molar-refractivity contribution in [3.8, 4) is 6.07 Å². The van der Waals surface area contributed by atoms with E-state index in [0.29, 0.717) is 5.25 Å². The molecule has 1 aliphatic rings. The first-order valence-corrected chi connectivity index (χ1v) is 6.72. The molecule has 0 spiro atoms. The minimum Gasteiger partial charge on any atom is -0.392 e. The van der Waals surface area contributed by atoms with Crippen LogP contribution in [0.15, 0.2) is 0 Å². The molecule has 86 valence electrons. The van der Waals surface area contributed by atoms with Gasteiger partial charge in [0.05, 0.1) is 18.1 Å². The first kappa shape index (κ1) is 12.9. The van der Waals surface area contributed by atoms with Crippen LogP contribution in [-0.4, -0.2) is 21.7 Å². The van der Waals surface area contributed by atoms with E-state index in [1.165, 1.54) is 6.42 Å². The van der Waals surface area contributed by atoms with E-state index >= 15 is 0 Å². The van der Waals surface area contributed by atoms with Gasteiger partial charge in [-0.3, -0.25) is 0 Å². The highest BCUT2D eigenvalue weighted by atomic mass is 32.2. The van der Waals surface area contributed by atoms with Crippen molar-refractivity contribution < 1.29 is 5.11 Å². The first-order valence-electron chi connectivity index (χ1n) is 5.77. The molecule has 0 bridgehead atoms. The number of hydrogen-bond acceptors (Lipinski definition) is 3. The summed E-state index contributed by atoms with van der Waals surface area (Å²) in [6, 6.07) is 2.42. The van der Waals surface area contributed by atoms with Gasteiger partial charge >= 0.3 is 0 Å². The number of aliphatic hydroxyl groups is 1. The van der Waals surface area contributed by atoms with E-state index in [9.17, 15) is 5.11 Å². The molecule has 5 unspecified atom stereocenters. The molecule has 5 atom stereocenters. The van der Waals surface area contributed by atoms with Crippen molar-refractivity contribution in [1.29, 1.82) is 5.26 Å². The molecule has 0 amide bonds. The Labute approximate surface area is 97.1 Å². The van der Waals surface area contributed by atoms with E-state index in [0.717, 1.165) is 18.8 Å². The summed E-state index contributed by atoms with van der Waals surface area (Å²) in [5.41, 5.74) is 0. The molecule has 0 aromatic rings. The van der Waals surface area contributed by atoms with Gasteiger partial charge in [0, 0.05) is 10.5 Å². The quantitative estimate of drug-likeness (QED) is 0.806. The molecular formula is C12H21NOS. The lowest BCUT2D eigenvalue weighted by Crippen LogP contribution is -2.29. The van der Waals surface area contributed by atoms with Crippen LogP contribution in [0.3, 0.4) is 0 Å². The van der Waals surface area contributed by atoms with E-state index in [4.69, 9.17) is 5.26 Å². The van der Waals surface area contributed by atoms with Crippen molar-refractivity contribution in [3.63, 3.8) is 0 Å². The molecule has 0 aliphatic heterocycles. The summed E-state index contributed by atoms with van der Waals surface area (Å²) in [4.78, 5) is 0. The van der Waals surface area contributed by atoms with Crippen molar-refractivity contribution >= 4 is 11.8 Å². The van der Waals surface area contributed by atoms with Crippen LogP contribution < -0.4 is 0 Å². The topological polar surface area (TPSA) is 44.0 Å². The maximum Gasteiger partial charge on any atom is 0.0667 e. The average molecular weight is 227 g/mol. The second kappa shape index (κ2) is 5.77. The fourth-order valence-corrected chi connectivity index (χ4v) is 3.62. The molecular weight excluding hydrogens is 206 g/mol. The predicted molar refractivity (Wildman–Crippen MR) is 64.6 cm³/mol. The predicted octanol–water partition coefficient (Wildman–Crippen LogP) is 2.82. The Bertz CT molecular complexity index is 236. The molecule has 0 heterocycles. The van der Waals surface area contributed by atoms with Gasteiger partial charge in [0.15, 0.2) is 0 Å². The number of thioether (sulfide) groups is 1. The molecule has 0 radical (unpaired) electrons. The molecule has 0 aromatic heterocycles. The molecule has 1 aliphatic carbocycles. The summed E-state index contributed by atoms with van der Waals surface area (Å²) in [6.07, 6.45) is 3.05. The SMILES string of the molecule is CC1CCC(C#N)C(SC(C)C(C)O)C1. The van der Waals surface area contributed by atoms with E-state index in [-0.39, 0.29) is 17.3 Å². The van der Waals surface area contributed by atoms with Crippen LogP contribution in [0.1, 0.15) is 40.0 Å². The lowest BCUT2D eigenvalue weighted by Gasteiger charge is -2.32. The van der Waals surface area contributed by atoms with Crippen molar-refractivity contribution in [2.75, 3.05) is 0 Å². The Morgan fingerprint density at radius 2 is 2.07 bits per heavy atom. The van der Waals surface area contributed by atoms with Gasteiger partial charge in [-0.15, -0.1) is 0 Å². The van der Waals surface area contributed by atoms with Crippen LogP contribution in [0, 0.1) is 23.2 Å². The van der Waals surface area contributed by atoms with Crippen molar-refractivity contribution in [2.24, 2.45) is 11.8 Å². The summed E-state index contributed by atoms with van der Waals surface area (Å²) in [5, 5.41) is 19.2. The Morgan fingerprint density at radius 1 is 1.40 bits per heavy atom. The second-order valence-electron chi connectivity index (χ2n) is 4.77. The molecule has 0 aromatic carbocycles. The molecule has 3 heteroatoms. The average Bonchev–Trinajstić information content (AvgIpc) is 2.18. The third-order valence-electron chi connectivity index (χ3n) is 3.29. The zero-order chi connectivity index (χ0) is 11.4. The van der Waals surface area contributed by atoms with E-state index in [1.54, 1.807) is 11.8 Å². The lowest BCUT2D eigenvalue weighted by atomic mass is 9.83. The van der Waals surface area contributed by atoms with Gasteiger partial charge < -0.3 is 5.11 Å². The number of nitrogens with zero attached hydrogens (tertiary/aromatic N) is 1.